The molecule has 0 saturated carbocycles. The number of ether oxygens (including phenoxy) is 1. The molecule has 2 aliphatic heterocycles. The van der Waals surface area contributed by atoms with Crippen LogP contribution in [0.25, 0.3) is 10.6 Å². The highest BCUT2D eigenvalue weighted by Crippen LogP contribution is 2.39. The van der Waals surface area contributed by atoms with Crippen LogP contribution >= 0.6 is 11.3 Å². The Hall–Kier alpha value is -1.43. The third-order valence-corrected chi connectivity index (χ3v) is 6.40. The monoisotopic (exact) mass is 343 g/mol. The molecule has 0 aliphatic carbocycles. The van der Waals surface area contributed by atoms with Gasteiger partial charge < -0.3 is 10.1 Å². The molecule has 0 amide bonds. The second-order valence-electron chi connectivity index (χ2n) is 7.08. The van der Waals surface area contributed by atoms with E-state index in [9.17, 15) is 0 Å². The predicted octanol–water partition coefficient (Wildman–Crippen LogP) is 3.39. The second-order valence-corrected chi connectivity index (χ2v) is 7.94. The van der Waals surface area contributed by atoms with E-state index in [0.29, 0.717) is 5.41 Å². The summed E-state index contributed by atoms with van der Waals surface area (Å²) in [4.78, 5) is 7.45. The van der Waals surface area contributed by atoms with Crippen molar-refractivity contribution in [3.8, 4) is 16.3 Å². The van der Waals surface area contributed by atoms with Gasteiger partial charge in [-0.3, -0.25) is 4.90 Å². The van der Waals surface area contributed by atoms with E-state index in [1.165, 1.54) is 56.7 Å². The number of nitrogens with one attached hydrogen (secondary N) is 1. The minimum absolute atomic E-state index is 0.570. The molecule has 0 atom stereocenters. The van der Waals surface area contributed by atoms with E-state index in [0.717, 1.165) is 17.3 Å². The first-order valence-electron chi connectivity index (χ1n) is 8.78. The molecular formula is C19H25N3OS. The molecule has 4 rings (SSSR count). The van der Waals surface area contributed by atoms with Gasteiger partial charge in [0.2, 0.25) is 0 Å². The molecule has 2 aromatic rings. The van der Waals surface area contributed by atoms with Crippen molar-refractivity contribution in [1.29, 1.82) is 0 Å². The van der Waals surface area contributed by atoms with Gasteiger partial charge in [-0.2, -0.15) is 0 Å². The zero-order valence-electron chi connectivity index (χ0n) is 14.3. The van der Waals surface area contributed by atoms with Gasteiger partial charge in [0.15, 0.2) is 0 Å². The summed E-state index contributed by atoms with van der Waals surface area (Å²) in [6.07, 6.45) is 4.01. The Labute approximate surface area is 147 Å². The summed E-state index contributed by atoms with van der Waals surface area (Å²) in [5.74, 6) is 0.889. The summed E-state index contributed by atoms with van der Waals surface area (Å²) < 4.78 is 5.23. The molecule has 1 aromatic carbocycles. The molecule has 0 radical (unpaired) electrons. The topological polar surface area (TPSA) is 37.4 Å². The second kappa shape index (κ2) is 6.82. The standard InChI is InChI=1S/C19H25N3OS/c1-23-17-4-2-15(3-5-17)18-21-16(13-24-18)12-22-11-8-19(14-22)6-9-20-10-7-19/h2-5,13,20H,6-12,14H2,1H3. The maximum atomic E-state index is 5.23. The Kier molecular flexibility index (Phi) is 4.57. The van der Waals surface area contributed by atoms with Gasteiger partial charge in [0.25, 0.3) is 0 Å². The van der Waals surface area contributed by atoms with Crippen LogP contribution in [0.2, 0.25) is 0 Å². The Bertz CT molecular complexity index is 676. The van der Waals surface area contributed by atoms with Crippen LogP contribution in [0, 0.1) is 5.41 Å². The van der Waals surface area contributed by atoms with E-state index >= 15 is 0 Å². The molecular weight excluding hydrogens is 318 g/mol. The third kappa shape index (κ3) is 3.34. The van der Waals surface area contributed by atoms with Crippen molar-refractivity contribution >= 4 is 11.3 Å². The first-order chi connectivity index (χ1) is 11.8. The maximum Gasteiger partial charge on any atom is 0.123 e. The number of hydrogen-bond acceptors (Lipinski definition) is 5. The average molecular weight is 343 g/mol. The number of methoxy groups -OCH3 is 1. The summed E-state index contributed by atoms with van der Waals surface area (Å²) in [7, 11) is 1.70. The van der Waals surface area contributed by atoms with E-state index < -0.39 is 0 Å². The zero-order chi connectivity index (χ0) is 16.4. The van der Waals surface area contributed by atoms with Gasteiger partial charge in [-0.15, -0.1) is 11.3 Å². The lowest BCUT2D eigenvalue weighted by Crippen LogP contribution is -2.38. The van der Waals surface area contributed by atoms with Gasteiger partial charge in [-0.1, -0.05) is 0 Å². The molecule has 4 nitrogen and oxygen atoms in total. The average Bonchev–Trinajstić information content (AvgIpc) is 3.24. The fourth-order valence-electron chi connectivity index (χ4n) is 4.00. The highest BCUT2D eigenvalue weighted by Gasteiger charge is 2.38. The number of nitrogens with zero attached hydrogens (tertiary/aromatic N) is 2. The highest BCUT2D eigenvalue weighted by atomic mass is 32.1. The molecule has 24 heavy (non-hydrogen) atoms. The lowest BCUT2D eigenvalue weighted by atomic mass is 9.78. The van der Waals surface area contributed by atoms with E-state index in [1.807, 2.05) is 12.1 Å². The molecule has 2 fully saturated rings. The van der Waals surface area contributed by atoms with Crippen LogP contribution in [0.1, 0.15) is 25.0 Å². The Morgan fingerprint density at radius 1 is 1.21 bits per heavy atom. The van der Waals surface area contributed by atoms with Crippen LogP contribution in [0.15, 0.2) is 29.6 Å². The number of hydrogen-bond donors (Lipinski definition) is 1. The summed E-state index contributed by atoms with van der Waals surface area (Å²) in [6.45, 7) is 5.82. The SMILES string of the molecule is COc1ccc(-c2nc(CN3CCC4(CCNCC4)C3)cs2)cc1. The van der Waals surface area contributed by atoms with Crippen molar-refractivity contribution in [1.82, 2.24) is 15.2 Å². The number of aromatic nitrogens is 1. The molecule has 2 aliphatic rings. The van der Waals surface area contributed by atoms with Crippen LogP contribution in [0.4, 0.5) is 0 Å². The van der Waals surface area contributed by atoms with Crippen molar-refractivity contribution in [3.05, 3.63) is 35.3 Å². The number of benzene rings is 1. The number of thiazole rings is 1. The van der Waals surface area contributed by atoms with Gasteiger partial charge >= 0.3 is 0 Å². The van der Waals surface area contributed by atoms with Crippen LogP contribution in [0.3, 0.4) is 0 Å². The smallest absolute Gasteiger partial charge is 0.123 e. The summed E-state index contributed by atoms with van der Waals surface area (Å²) in [6, 6.07) is 8.16. The molecule has 2 saturated heterocycles. The maximum absolute atomic E-state index is 5.23. The first-order valence-corrected chi connectivity index (χ1v) is 9.66. The molecule has 1 spiro atoms. The zero-order valence-corrected chi connectivity index (χ0v) is 15.1. The Morgan fingerprint density at radius 2 is 2.00 bits per heavy atom. The van der Waals surface area contributed by atoms with E-state index in [-0.39, 0.29) is 0 Å². The van der Waals surface area contributed by atoms with Gasteiger partial charge in [0.1, 0.15) is 10.8 Å². The van der Waals surface area contributed by atoms with Gasteiger partial charge in [-0.05, 0) is 68.6 Å². The van der Waals surface area contributed by atoms with Crippen molar-refractivity contribution in [2.45, 2.75) is 25.8 Å². The van der Waals surface area contributed by atoms with Crippen LogP contribution in [-0.2, 0) is 6.54 Å². The van der Waals surface area contributed by atoms with E-state index in [4.69, 9.17) is 9.72 Å². The minimum Gasteiger partial charge on any atom is -0.497 e. The number of piperidine rings is 1. The molecule has 0 bridgehead atoms. The lowest BCUT2D eigenvalue weighted by molar-refractivity contribution is 0.193. The summed E-state index contributed by atoms with van der Waals surface area (Å²) in [5, 5.41) is 6.81. The van der Waals surface area contributed by atoms with Crippen molar-refractivity contribution < 1.29 is 4.74 Å². The van der Waals surface area contributed by atoms with Crippen molar-refractivity contribution in [2.75, 3.05) is 33.3 Å². The summed E-state index contributed by atoms with van der Waals surface area (Å²) in [5.41, 5.74) is 2.94. The number of likely N-dealkylation sites (tertiary alicyclic amines) is 1. The van der Waals surface area contributed by atoms with E-state index in [1.54, 1.807) is 18.4 Å². The van der Waals surface area contributed by atoms with Gasteiger partial charge in [0, 0.05) is 24.0 Å². The molecule has 3 heterocycles. The third-order valence-electron chi connectivity index (χ3n) is 5.46. The van der Waals surface area contributed by atoms with Crippen LogP contribution in [-0.4, -0.2) is 43.2 Å². The van der Waals surface area contributed by atoms with Crippen molar-refractivity contribution in [3.63, 3.8) is 0 Å². The fourth-order valence-corrected chi connectivity index (χ4v) is 4.82. The largest absolute Gasteiger partial charge is 0.497 e. The molecule has 128 valence electrons. The molecule has 0 unspecified atom stereocenters. The molecule has 5 heteroatoms. The van der Waals surface area contributed by atoms with Gasteiger partial charge in [0.05, 0.1) is 12.8 Å². The molecule has 1 aromatic heterocycles. The first kappa shape index (κ1) is 16.1. The normalized spacial score (nSPS) is 20.5. The predicted molar refractivity (Wildman–Crippen MR) is 98.5 cm³/mol. The quantitative estimate of drug-likeness (QED) is 0.923. The Morgan fingerprint density at radius 3 is 2.75 bits per heavy atom. The highest BCUT2D eigenvalue weighted by molar-refractivity contribution is 7.13. The fraction of sp³-hybridized carbons (Fsp3) is 0.526. The Balaban J connectivity index is 1.40. The van der Waals surface area contributed by atoms with E-state index in [2.05, 4.69) is 27.7 Å². The lowest BCUT2D eigenvalue weighted by Gasteiger charge is -2.33. The summed E-state index contributed by atoms with van der Waals surface area (Å²) >= 11 is 1.74. The molecule has 1 N–H and O–H groups in total. The van der Waals surface area contributed by atoms with Gasteiger partial charge in [-0.25, -0.2) is 4.98 Å². The minimum atomic E-state index is 0.570. The van der Waals surface area contributed by atoms with Crippen molar-refractivity contribution in [2.24, 2.45) is 5.41 Å². The van der Waals surface area contributed by atoms with Crippen LogP contribution in [0.5, 0.6) is 5.75 Å². The van der Waals surface area contributed by atoms with Crippen LogP contribution < -0.4 is 10.1 Å². The number of rotatable bonds is 4.